The highest BCUT2D eigenvalue weighted by molar-refractivity contribution is 9.10. The second-order valence-electron chi connectivity index (χ2n) is 6.61. The monoisotopic (exact) mass is 497 g/mol. The molecule has 0 fully saturated rings. The lowest BCUT2D eigenvalue weighted by Crippen LogP contribution is -2.05. The molecule has 5 nitrogen and oxygen atoms in total. The Morgan fingerprint density at radius 2 is 1.84 bits per heavy atom. The molecule has 7 heteroatoms. The molecule has 3 aromatic rings. The number of cyclic esters (lactones) is 1. The van der Waals surface area contributed by atoms with Crippen LogP contribution in [0, 0.1) is 0 Å². The third kappa shape index (κ3) is 4.81. The third-order valence-electron chi connectivity index (χ3n) is 4.56. The molecule has 0 aromatic heterocycles. The average Bonchev–Trinajstić information content (AvgIpc) is 3.13. The Morgan fingerprint density at radius 3 is 2.61 bits per heavy atom. The number of carbonyl (C=O) groups is 1. The van der Waals surface area contributed by atoms with Crippen molar-refractivity contribution in [3.8, 4) is 11.5 Å². The van der Waals surface area contributed by atoms with Crippen molar-refractivity contribution in [1.82, 2.24) is 0 Å². The Morgan fingerprint density at radius 1 is 1.06 bits per heavy atom. The average molecular weight is 499 g/mol. The van der Waals surface area contributed by atoms with E-state index in [9.17, 15) is 4.79 Å². The fraction of sp³-hybridized carbons (Fsp3) is 0.0833. The van der Waals surface area contributed by atoms with E-state index in [1.54, 1.807) is 49.6 Å². The standard InChI is InChI=1S/C24H17BrClNO4/c1-29-22-13-15(10-11-21(22)30-14-16-6-2-4-8-18(16)25)12-20-24(28)31-23(27-20)17-7-3-5-9-19(17)26/h2-13H,14H2,1H3. The van der Waals surface area contributed by atoms with Gasteiger partial charge in [0.25, 0.3) is 0 Å². The molecule has 0 spiro atoms. The van der Waals surface area contributed by atoms with Gasteiger partial charge in [-0.1, -0.05) is 63.9 Å². The first-order valence-corrected chi connectivity index (χ1v) is 10.5. The van der Waals surface area contributed by atoms with Crippen LogP contribution in [0.5, 0.6) is 11.5 Å². The highest BCUT2D eigenvalue weighted by Gasteiger charge is 2.25. The van der Waals surface area contributed by atoms with Crippen molar-refractivity contribution in [2.24, 2.45) is 4.99 Å². The van der Waals surface area contributed by atoms with E-state index in [2.05, 4.69) is 20.9 Å². The lowest BCUT2D eigenvalue weighted by molar-refractivity contribution is -0.129. The number of aliphatic imine (C=N–C) groups is 1. The molecule has 0 amide bonds. The Hall–Kier alpha value is -3.09. The van der Waals surface area contributed by atoms with E-state index in [1.807, 2.05) is 30.3 Å². The first kappa shape index (κ1) is 21.2. The van der Waals surface area contributed by atoms with Crippen molar-refractivity contribution >= 4 is 45.5 Å². The zero-order chi connectivity index (χ0) is 21.8. The second kappa shape index (κ2) is 9.37. The van der Waals surface area contributed by atoms with Crippen LogP contribution in [0.3, 0.4) is 0 Å². The molecule has 1 heterocycles. The summed E-state index contributed by atoms with van der Waals surface area (Å²) in [5.41, 5.74) is 2.49. The van der Waals surface area contributed by atoms with Gasteiger partial charge >= 0.3 is 5.97 Å². The molecule has 0 saturated heterocycles. The molecule has 0 aliphatic carbocycles. The Labute approximate surface area is 193 Å². The summed E-state index contributed by atoms with van der Waals surface area (Å²) in [6.07, 6.45) is 1.63. The van der Waals surface area contributed by atoms with Gasteiger partial charge in [0.15, 0.2) is 17.2 Å². The zero-order valence-corrected chi connectivity index (χ0v) is 18.8. The third-order valence-corrected chi connectivity index (χ3v) is 5.66. The van der Waals surface area contributed by atoms with Crippen LogP contribution in [0.15, 0.2) is 81.9 Å². The van der Waals surface area contributed by atoms with Crippen molar-refractivity contribution in [2.45, 2.75) is 6.61 Å². The van der Waals surface area contributed by atoms with E-state index < -0.39 is 5.97 Å². The highest BCUT2D eigenvalue weighted by Crippen LogP contribution is 2.31. The minimum Gasteiger partial charge on any atom is -0.493 e. The molecule has 31 heavy (non-hydrogen) atoms. The number of hydrogen-bond donors (Lipinski definition) is 0. The van der Waals surface area contributed by atoms with Crippen molar-refractivity contribution in [2.75, 3.05) is 7.11 Å². The van der Waals surface area contributed by atoms with Crippen LogP contribution in [0.4, 0.5) is 0 Å². The van der Waals surface area contributed by atoms with Crippen molar-refractivity contribution in [3.63, 3.8) is 0 Å². The molecule has 0 radical (unpaired) electrons. The molecule has 3 aromatic carbocycles. The van der Waals surface area contributed by atoms with Crippen LogP contribution >= 0.6 is 27.5 Å². The molecule has 0 saturated carbocycles. The summed E-state index contributed by atoms with van der Waals surface area (Å²) in [7, 11) is 1.56. The fourth-order valence-corrected chi connectivity index (χ4v) is 3.60. The SMILES string of the molecule is COc1cc(C=C2N=C(c3ccccc3Cl)OC2=O)ccc1OCc1ccccc1Br. The lowest BCUT2D eigenvalue weighted by atomic mass is 10.1. The quantitative estimate of drug-likeness (QED) is 0.307. The molecule has 0 bridgehead atoms. The number of hydrogen-bond acceptors (Lipinski definition) is 5. The van der Waals surface area contributed by atoms with Gasteiger partial charge in [-0.2, -0.15) is 0 Å². The number of nitrogens with zero attached hydrogens (tertiary/aromatic N) is 1. The molecule has 1 aliphatic rings. The van der Waals surface area contributed by atoms with Gasteiger partial charge in [0.2, 0.25) is 5.90 Å². The number of carbonyl (C=O) groups excluding carboxylic acids is 1. The van der Waals surface area contributed by atoms with Crippen LogP contribution in [0.1, 0.15) is 16.7 Å². The number of ether oxygens (including phenoxy) is 3. The first-order chi connectivity index (χ1) is 15.0. The van der Waals surface area contributed by atoms with Crippen molar-refractivity contribution < 1.29 is 19.0 Å². The van der Waals surface area contributed by atoms with E-state index in [4.69, 9.17) is 25.8 Å². The largest absolute Gasteiger partial charge is 0.493 e. The van der Waals surface area contributed by atoms with Gasteiger partial charge in [-0.05, 0) is 42.0 Å². The predicted octanol–water partition coefficient (Wildman–Crippen LogP) is 6.03. The topological polar surface area (TPSA) is 57.1 Å². The number of rotatable bonds is 6. The Bertz CT molecular complexity index is 1210. The number of halogens is 2. The maximum atomic E-state index is 12.3. The maximum Gasteiger partial charge on any atom is 0.363 e. The summed E-state index contributed by atoms with van der Waals surface area (Å²) in [6.45, 7) is 0.385. The van der Waals surface area contributed by atoms with E-state index in [0.29, 0.717) is 28.7 Å². The van der Waals surface area contributed by atoms with E-state index in [0.717, 1.165) is 15.6 Å². The molecular weight excluding hydrogens is 482 g/mol. The van der Waals surface area contributed by atoms with Crippen LogP contribution in [-0.2, 0) is 16.1 Å². The summed E-state index contributed by atoms with van der Waals surface area (Å²) in [5, 5.41) is 0.462. The summed E-state index contributed by atoms with van der Waals surface area (Å²) < 4.78 is 17.7. The molecule has 0 unspecified atom stereocenters. The Balaban J connectivity index is 1.56. The minimum absolute atomic E-state index is 0.179. The van der Waals surface area contributed by atoms with Gasteiger partial charge in [-0.3, -0.25) is 0 Å². The van der Waals surface area contributed by atoms with E-state index in [1.165, 1.54) is 0 Å². The van der Waals surface area contributed by atoms with Gasteiger partial charge in [-0.15, -0.1) is 0 Å². The Kier molecular flexibility index (Phi) is 6.39. The molecule has 0 N–H and O–H groups in total. The maximum absolute atomic E-state index is 12.3. The van der Waals surface area contributed by atoms with E-state index >= 15 is 0 Å². The molecule has 4 rings (SSSR count). The van der Waals surface area contributed by atoms with Crippen LogP contribution in [0.2, 0.25) is 5.02 Å². The lowest BCUT2D eigenvalue weighted by Gasteiger charge is -2.12. The first-order valence-electron chi connectivity index (χ1n) is 9.37. The fourth-order valence-electron chi connectivity index (χ4n) is 2.98. The summed E-state index contributed by atoms with van der Waals surface area (Å²) in [5.74, 6) is 0.781. The summed E-state index contributed by atoms with van der Waals surface area (Å²) >= 11 is 9.69. The van der Waals surface area contributed by atoms with Gasteiger partial charge in [0, 0.05) is 10.0 Å². The summed E-state index contributed by atoms with van der Waals surface area (Å²) in [4.78, 5) is 16.6. The minimum atomic E-state index is -0.539. The van der Waals surface area contributed by atoms with Gasteiger partial charge < -0.3 is 14.2 Å². The normalized spacial score (nSPS) is 14.4. The smallest absolute Gasteiger partial charge is 0.363 e. The highest BCUT2D eigenvalue weighted by atomic mass is 79.9. The van der Waals surface area contributed by atoms with Crippen molar-refractivity contribution in [3.05, 3.63) is 98.6 Å². The van der Waals surface area contributed by atoms with E-state index in [-0.39, 0.29) is 11.6 Å². The van der Waals surface area contributed by atoms with Crippen LogP contribution in [-0.4, -0.2) is 19.0 Å². The molecule has 0 atom stereocenters. The van der Waals surface area contributed by atoms with Crippen LogP contribution in [0.25, 0.3) is 6.08 Å². The van der Waals surface area contributed by atoms with Gasteiger partial charge in [0.1, 0.15) is 6.61 Å². The number of methoxy groups -OCH3 is 1. The molecule has 156 valence electrons. The molecule has 1 aliphatic heterocycles. The summed E-state index contributed by atoms with van der Waals surface area (Å²) in [6, 6.07) is 20.3. The number of esters is 1. The van der Waals surface area contributed by atoms with Crippen LogP contribution < -0.4 is 9.47 Å². The number of benzene rings is 3. The van der Waals surface area contributed by atoms with Gasteiger partial charge in [-0.25, -0.2) is 9.79 Å². The predicted molar refractivity (Wildman–Crippen MR) is 124 cm³/mol. The molecular formula is C24H17BrClNO4. The zero-order valence-electron chi connectivity index (χ0n) is 16.5. The second-order valence-corrected chi connectivity index (χ2v) is 7.87. The van der Waals surface area contributed by atoms with Crippen molar-refractivity contribution in [1.29, 1.82) is 0 Å². The van der Waals surface area contributed by atoms with Gasteiger partial charge in [0.05, 0.1) is 17.7 Å².